The molecule has 0 atom stereocenters. The van der Waals surface area contributed by atoms with Gasteiger partial charge in [-0.3, -0.25) is 9.69 Å². The topological polar surface area (TPSA) is 55.6 Å². The molecule has 0 bridgehead atoms. The van der Waals surface area contributed by atoms with Crippen molar-refractivity contribution in [3.63, 3.8) is 0 Å². The van der Waals surface area contributed by atoms with E-state index < -0.39 is 0 Å². The molecule has 0 unspecified atom stereocenters. The van der Waals surface area contributed by atoms with E-state index in [1.807, 2.05) is 0 Å². The lowest BCUT2D eigenvalue weighted by Gasteiger charge is -2.19. The number of thiazole rings is 1. The van der Waals surface area contributed by atoms with Crippen LogP contribution in [0.5, 0.6) is 5.75 Å². The van der Waals surface area contributed by atoms with Crippen molar-refractivity contribution >= 4 is 67.4 Å². The third-order valence-corrected chi connectivity index (χ3v) is 6.30. The molecule has 29 heavy (non-hydrogen) atoms. The highest BCUT2D eigenvalue weighted by molar-refractivity contribution is 7.23. The van der Waals surface area contributed by atoms with Gasteiger partial charge in [0.1, 0.15) is 17.0 Å². The molecule has 0 aliphatic heterocycles. The van der Waals surface area contributed by atoms with Crippen LogP contribution in [0.2, 0.25) is 15.1 Å². The van der Waals surface area contributed by atoms with E-state index in [2.05, 4.69) is 4.98 Å². The number of carbonyl (C=O) groups excluding carboxylic acids is 1. The molecular formula is C20H13Cl3N2O3S. The Morgan fingerprint density at radius 3 is 2.69 bits per heavy atom. The number of anilines is 1. The van der Waals surface area contributed by atoms with Crippen molar-refractivity contribution in [3.8, 4) is 5.75 Å². The monoisotopic (exact) mass is 466 g/mol. The zero-order chi connectivity index (χ0) is 20.5. The molecule has 0 saturated heterocycles. The lowest BCUT2D eigenvalue weighted by atomic mass is 10.2. The molecule has 0 spiro atoms. The number of hydrogen-bond donors (Lipinski definition) is 0. The van der Waals surface area contributed by atoms with Gasteiger partial charge in [0.25, 0.3) is 5.91 Å². The van der Waals surface area contributed by atoms with Gasteiger partial charge in [0.15, 0.2) is 5.13 Å². The van der Waals surface area contributed by atoms with Gasteiger partial charge in [-0.25, -0.2) is 4.98 Å². The van der Waals surface area contributed by atoms with Gasteiger partial charge in [-0.1, -0.05) is 46.1 Å². The highest BCUT2D eigenvalue weighted by Gasteiger charge is 2.26. The van der Waals surface area contributed by atoms with Crippen LogP contribution in [-0.4, -0.2) is 18.0 Å². The van der Waals surface area contributed by atoms with Crippen LogP contribution in [0.4, 0.5) is 5.13 Å². The number of carbonyl (C=O) groups is 1. The molecule has 0 saturated carbocycles. The lowest BCUT2D eigenvalue weighted by molar-refractivity contribution is 0.0983. The predicted molar refractivity (Wildman–Crippen MR) is 117 cm³/mol. The summed E-state index contributed by atoms with van der Waals surface area (Å²) in [5.74, 6) is 0.801. The SMILES string of the molecule is COc1ccc(Cl)c2sc(N(Cc3ccco3)C(=O)c3cc(Cl)ccc3Cl)nc12. The van der Waals surface area contributed by atoms with E-state index in [-0.39, 0.29) is 18.0 Å². The van der Waals surface area contributed by atoms with Gasteiger partial charge < -0.3 is 9.15 Å². The summed E-state index contributed by atoms with van der Waals surface area (Å²) in [5.41, 5.74) is 0.845. The second kappa shape index (κ2) is 8.24. The predicted octanol–water partition coefficient (Wildman–Crippen LogP) is 6.71. The van der Waals surface area contributed by atoms with Crippen LogP contribution in [0.3, 0.4) is 0 Å². The Morgan fingerprint density at radius 1 is 1.17 bits per heavy atom. The second-order valence-corrected chi connectivity index (χ2v) is 8.25. The number of nitrogens with zero attached hydrogens (tertiary/aromatic N) is 2. The summed E-state index contributed by atoms with van der Waals surface area (Å²) < 4.78 is 11.5. The van der Waals surface area contributed by atoms with E-state index in [0.717, 1.165) is 4.70 Å². The Bertz CT molecular complexity index is 1190. The first kappa shape index (κ1) is 20.0. The first-order valence-corrected chi connectivity index (χ1v) is 10.4. The van der Waals surface area contributed by atoms with Gasteiger partial charge in [0.05, 0.1) is 40.2 Å². The Morgan fingerprint density at radius 2 is 1.97 bits per heavy atom. The molecule has 9 heteroatoms. The second-order valence-electron chi connectivity index (χ2n) is 6.02. The highest BCUT2D eigenvalue weighted by Crippen LogP contribution is 2.39. The van der Waals surface area contributed by atoms with Crippen molar-refractivity contribution in [2.24, 2.45) is 0 Å². The smallest absolute Gasteiger partial charge is 0.262 e. The Hall–Kier alpha value is -2.25. The summed E-state index contributed by atoms with van der Waals surface area (Å²) in [6.45, 7) is 0.161. The van der Waals surface area contributed by atoms with E-state index in [9.17, 15) is 4.79 Å². The number of benzene rings is 2. The number of hydrogen-bond acceptors (Lipinski definition) is 5. The molecule has 0 N–H and O–H groups in total. The maximum absolute atomic E-state index is 13.4. The number of halogens is 3. The Labute approximate surface area is 185 Å². The average Bonchev–Trinajstić information content (AvgIpc) is 3.38. The normalized spacial score (nSPS) is 11.0. The van der Waals surface area contributed by atoms with E-state index in [1.54, 1.807) is 49.8 Å². The van der Waals surface area contributed by atoms with Crippen LogP contribution in [-0.2, 0) is 6.54 Å². The van der Waals surface area contributed by atoms with Crippen molar-refractivity contribution in [2.75, 3.05) is 12.0 Å². The first-order chi connectivity index (χ1) is 14.0. The number of aromatic nitrogens is 1. The van der Waals surface area contributed by atoms with Crippen LogP contribution in [0.15, 0.2) is 53.1 Å². The van der Waals surface area contributed by atoms with Gasteiger partial charge >= 0.3 is 0 Å². The van der Waals surface area contributed by atoms with Crippen molar-refractivity contribution in [1.82, 2.24) is 4.98 Å². The molecule has 0 radical (unpaired) electrons. The van der Waals surface area contributed by atoms with Gasteiger partial charge in [0.2, 0.25) is 0 Å². The van der Waals surface area contributed by atoms with Crippen molar-refractivity contribution in [2.45, 2.75) is 6.54 Å². The van der Waals surface area contributed by atoms with Crippen LogP contribution >= 0.6 is 46.1 Å². The quantitative estimate of drug-likeness (QED) is 0.327. The maximum atomic E-state index is 13.4. The molecular weight excluding hydrogens is 455 g/mol. The van der Waals surface area contributed by atoms with Crippen LogP contribution < -0.4 is 9.64 Å². The molecule has 2 aromatic carbocycles. The molecule has 4 aromatic rings. The number of furan rings is 1. The minimum absolute atomic E-state index is 0.161. The fourth-order valence-electron chi connectivity index (χ4n) is 2.81. The molecule has 0 fully saturated rings. The van der Waals surface area contributed by atoms with E-state index in [4.69, 9.17) is 44.0 Å². The molecule has 0 aliphatic carbocycles. The number of ether oxygens (including phenoxy) is 1. The summed E-state index contributed by atoms with van der Waals surface area (Å²) in [5, 5.41) is 1.66. The lowest BCUT2D eigenvalue weighted by Crippen LogP contribution is -2.30. The largest absolute Gasteiger partial charge is 0.494 e. The minimum atomic E-state index is -0.358. The molecule has 4 rings (SSSR count). The molecule has 2 aromatic heterocycles. The van der Waals surface area contributed by atoms with Crippen molar-refractivity contribution in [1.29, 1.82) is 0 Å². The first-order valence-electron chi connectivity index (χ1n) is 8.40. The van der Waals surface area contributed by atoms with Crippen LogP contribution in [0, 0.1) is 0 Å². The fraction of sp³-hybridized carbons (Fsp3) is 0.100. The average molecular weight is 468 g/mol. The number of amides is 1. The zero-order valence-corrected chi connectivity index (χ0v) is 18.1. The van der Waals surface area contributed by atoms with Gasteiger partial charge in [0, 0.05) is 5.02 Å². The third-order valence-electron chi connectivity index (χ3n) is 4.20. The maximum Gasteiger partial charge on any atom is 0.262 e. The summed E-state index contributed by atoms with van der Waals surface area (Å²) in [7, 11) is 1.55. The Balaban J connectivity index is 1.85. The molecule has 0 aliphatic rings. The zero-order valence-electron chi connectivity index (χ0n) is 15.0. The standard InChI is InChI=1S/C20H13Cl3N2O3S/c1-27-16-7-6-15(23)18-17(16)24-20(29-18)25(10-12-3-2-8-28-12)19(26)13-9-11(21)4-5-14(13)22/h2-9H,10H2,1H3. The van der Waals surface area contributed by atoms with E-state index in [1.165, 1.54) is 22.3 Å². The summed E-state index contributed by atoms with van der Waals surface area (Å²) in [6.07, 6.45) is 1.54. The van der Waals surface area contributed by atoms with Crippen LogP contribution in [0.1, 0.15) is 16.1 Å². The molecule has 1 amide bonds. The number of rotatable bonds is 5. The van der Waals surface area contributed by atoms with Crippen molar-refractivity contribution in [3.05, 3.63) is 75.1 Å². The summed E-state index contributed by atoms with van der Waals surface area (Å²) >= 11 is 20.0. The van der Waals surface area contributed by atoms with E-state index in [0.29, 0.717) is 37.2 Å². The van der Waals surface area contributed by atoms with E-state index >= 15 is 0 Å². The van der Waals surface area contributed by atoms with Crippen LogP contribution in [0.25, 0.3) is 10.2 Å². The number of fused-ring (bicyclic) bond motifs is 1. The number of methoxy groups -OCH3 is 1. The third kappa shape index (κ3) is 3.94. The fourth-order valence-corrected chi connectivity index (χ4v) is 4.44. The van der Waals surface area contributed by atoms with Crippen molar-refractivity contribution < 1.29 is 13.9 Å². The minimum Gasteiger partial charge on any atom is -0.494 e. The molecule has 5 nitrogen and oxygen atoms in total. The van der Waals surface area contributed by atoms with Gasteiger partial charge in [-0.05, 0) is 42.5 Å². The van der Waals surface area contributed by atoms with Gasteiger partial charge in [-0.2, -0.15) is 0 Å². The van der Waals surface area contributed by atoms with Gasteiger partial charge in [-0.15, -0.1) is 0 Å². The molecule has 2 heterocycles. The summed E-state index contributed by atoms with van der Waals surface area (Å²) in [4.78, 5) is 19.5. The molecule has 148 valence electrons. The highest BCUT2D eigenvalue weighted by atomic mass is 35.5. The Kier molecular flexibility index (Phi) is 5.69. The summed E-state index contributed by atoms with van der Waals surface area (Å²) in [6, 6.07) is 11.7.